The van der Waals surface area contributed by atoms with Crippen LogP contribution < -0.4 is 4.72 Å². The van der Waals surface area contributed by atoms with E-state index >= 15 is 0 Å². The molecule has 1 heterocycles. The average Bonchev–Trinajstić information content (AvgIpc) is 2.63. The summed E-state index contributed by atoms with van der Waals surface area (Å²) in [7, 11) is -3.74. The maximum absolute atomic E-state index is 12.8. The number of halogens is 2. The molecule has 0 spiro atoms. The molecule has 0 radical (unpaired) electrons. The molecule has 1 aromatic carbocycles. The molecule has 0 atom stereocenters. The first kappa shape index (κ1) is 22.3. The Hall–Kier alpha value is -1.41. The summed E-state index contributed by atoms with van der Waals surface area (Å²) in [5, 5.41) is 1.72. The Morgan fingerprint density at radius 2 is 1.79 bits per heavy atom. The van der Waals surface area contributed by atoms with E-state index in [0.29, 0.717) is 41.5 Å². The summed E-state index contributed by atoms with van der Waals surface area (Å²) in [5.41, 5.74) is -0.523. The number of nitrogens with zero attached hydrogens (tertiary/aromatic N) is 1. The molecule has 0 bridgehead atoms. The van der Waals surface area contributed by atoms with Crippen LogP contribution in [0.2, 0.25) is 10.2 Å². The predicted molar refractivity (Wildman–Crippen MR) is 114 cm³/mol. The number of pyridine rings is 1. The summed E-state index contributed by atoms with van der Waals surface area (Å²) in [6.07, 6.45) is 3.76. The van der Waals surface area contributed by atoms with Gasteiger partial charge in [0.1, 0.15) is 10.8 Å². The summed E-state index contributed by atoms with van der Waals surface area (Å²) in [6.45, 7) is 5.51. The second kappa shape index (κ2) is 8.38. The van der Waals surface area contributed by atoms with Crippen molar-refractivity contribution >= 4 is 50.0 Å². The van der Waals surface area contributed by atoms with Crippen LogP contribution in [0.4, 0.5) is 0 Å². The minimum atomic E-state index is -3.74. The van der Waals surface area contributed by atoms with Crippen molar-refractivity contribution in [3.05, 3.63) is 34.6 Å². The van der Waals surface area contributed by atoms with Gasteiger partial charge in [-0.2, -0.15) is 0 Å². The summed E-state index contributed by atoms with van der Waals surface area (Å²) in [5.74, 6) is -0.407. The number of carbonyl (C=O) groups excluding carboxylic acids is 1. The maximum atomic E-state index is 12.8. The van der Waals surface area contributed by atoms with Crippen molar-refractivity contribution in [2.75, 3.05) is 0 Å². The van der Waals surface area contributed by atoms with Gasteiger partial charge in [0.15, 0.2) is 0 Å². The van der Waals surface area contributed by atoms with Crippen LogP contribution in [0, 0.1) is 5.92 Å². The topological polar surface area (TPSA) is 85.4 Å². The molecule has 1 aliphatic rings. The third-order valence-corrected chi connectivity index (χ3v) is 6.98. The molecule has 0 unspecified atom stereocenters. The molecular formula is C20H24Cl2N2O4S. The number of rotatable bonds is 4. The Morgan fingerprint density at radius 3 is 2.41 bits per heavy atom. The van der Waals surface area contributed by atoms with Crippen LogP contribution in [0.25, 0.3) is 10.8 Å². The Labute approximate surface area is 181 Å². The molecule has 1 saturated carbocycles. The van der Waals surface area contributed by atoms with E-state index in [4.69, 9.17) is 27.9 Å². The molecule has 0 amide bonds. The number of nitrogens with one attached hydrogen (secondary N) is 1. The number of sulfonamides is 1. The Bertz CT molecular complexity index is 1030. The zero-order valence-corrected chi connectivity index (χ0v) is 18.9. The Morgan fingerprint density at radius 1 is 1.14 bits per heavy atom. The molecule has 1 aliphatic carbocycles. The van der Waals surface area contributed by atoms with Crippen molar-refractivity contribution in [3.63, 3.8) is 0 Å². The first-order valence-electron chi connectivity index (χ1n) is 9.45. The van der Waals surface area contributed by atoms with E-state index in [-0.39, 0.29) is 28.0 Å². The van der Waals surface area contributed by atoms with Crippen LogP contribution in [0.1, 0.15) is 46.5 Å². The first-order valence-corrected chi connectivity index (χ1v) is 11.7. The molecule has 0 aliphatic heterocycles. The fourth-order valence-corrected chi connectivity index (χ4v) is 5.19. The Balaban J connectivity index is 1.69. The zero-order valence-electron chi connectivity index (χ0n) is 16.5. The fraction of sp³-hybridized carbons (Fsp3) is 0.500. The lowest BCUT2D eigenvalue weighted by Crippen LogP contribution is -2.39. The van der Waals surface area contributed by atoms with E-state index in [1.54, 1.807) is 6.07 Å². The molecule has 29 heavy (non-hydrogen) atoms. The van der Waals surface area contributed by atoms with E-state index in [2.05, 4.69) is 9.71 Å². The monoisotopic (exact) mass is 458 g/mol. The van der Waals surface area contributed by atoms with Crippen LogP contribution in [0.15, 0.2) is 29.3 Å². The largest absolute Gasteiger partial charge is 0.460 e. The standard InChI is InChI=1S/C20H24Cl2N2O4S/c1-20(2,3)28-19(25)12-4-6-13(7-5-12)24-29(26,27)14-8-9-15-16(10-14)18(22)23-11-17(15)21/h8-13,24H,4-7H2,1-3H3. The molecular weight excluding hydrogens is 435 g/mol. The number of fused-ring (bicyclic) bond motifs is 1. The van der Waals surface area contributed by atoms with Gasteiger partial charge in [0.2, 0.25) is 10.0 Å². The van der Waals surface area contributed by atoms with E-state index in [1.807, 2.05) is 20.8 Å². The van der Waals surface area contributed by atoms with Crippen molar-refractivity contribution in [3.8, 4) is 0 Å². The summed E-state index contributed by atoms with van der Waals surface area (Å²) in [6, 6.07) is 4.37. The lowest BCUT2D eigenvalue weighted by atomic mass is 9.86. The first-order chi connectivity index (χ1) is 13.5. The number of esters is 1. The molecule has 1 N–H and O–H groups in total. The van der Waals surface area contributed by atoms with E-state index in [9.17, 15) is 13.2 Å². The number of hydrogen-bond donors (Lipinski definition) is 1. The molecule has 9 heteroatoms. The molecule has 158 valence electrons. The summed E-state index contributed by atoms with van der Waals surface area (Å²) < 4.78 is 33.9. The quantitative estimate of drug-likeness (QED) is 0.528. The highest BCUT2D eigenvalue weighted by Gasteiger charge is 2.31. The number of ether oxygens (including phenoxy) is 1. The third-order valence-electron chi connectivity index (χ3n) is 4.86. The van der Waals surface area contributed by atoms with Gasteiger partial charge in [0, 0.05) is 23.0 Å². The normalized spacial score (nSPS) is 20.6. The van der Waals surface area contributed by atoms with Crippen LogP contribution in [-0.4, -0.2) is 31.0 Å². The van der Waals surface area contributed by atoms with Crippen molar-refractivity contribution in [1.82, 2.24) is 9.71 Å². The van der Waals surface area contributed by atoms with Gasteiger partial charge < -0.3 is 4.74 Å². The highest BCUT2D eigenvalue weighted by Crippen LogP contribution is 2.31. The molecule has 3 rings (SSSR count). The van der Waals surface area contributed by atoms with Crippen molar-refractivity contribution in [2.24, 2.45) is 5.92 Å². The van der Waals surface area contributed by atoms with Gasteiger partial charge in [0.25, 0.3) is 0 Å². The van der Waals surface area contributed by atoms with Gasteiger partial charge in [-0.3, -0.25) is 4.79 Å². The highest BCUT2D eigenvalue weighted by atomic mass is 35.5. The fourth-order valence-electron chi connectivity index (χ4n) is 3.44. The van der Waals surface area contributed by atoms with Gasteiger partial charge in [0.05, 0.1) is 15.8 Å². The minimum Gasteiger partial charge on any atom is -0.460 e. The summed E-state index contributed by atoms with van der Waals surface area (Å²) >= 11 is 12.2. The molecule has 0 saturated heterocycles. The molecule has 1 fully saturated rings. The highest BCUT2D eigenvalue weighted by molar-refractivity contribution is 7.89. The van der Waals surface area contributed by atoms with E-state index < -0.39 is 15.6 Å². The Kier molecular flexibility index (Phi) is 6.44. The van der Waals surface area contributed by atoms with Gasteiger partial charge in [-0.1, -0.05) is 29.3 Å². The molecule has 1 aromatic heterocycles. The van der Waals surface area contributed by atoms with Crippen LogP contribution in [0.3, 0.4) is 0 Å². The number of hydrogen-bond acceptors (Lipinski definition) is 5. The van der Waals surface area contributed by atoms with Gasteiger partial charge >= 0.3 is 5.97 Å². The van der Waals surface area contributed by atoms with E-state index in [1.165, 1.54) is 18.3 Å². The summed E-state index contributed by atoms with van der Waals surface area (Å²) in [4.78, 5) is 16.3. The average molecular weight is 459 g/mol. The SMILES string of the molecule is CC(C)(C)OC(=O)C1CCC(NS(=O)(=O)c2ccc3c(Cl)cnc(Cl)c3c2)CC1. The van der Waals surface area contributed by atoms with Crippen LogP contribution >= 0.6 is 23.2 Å². The van der Waals surface area contributed by atoms with Crippen molar-refractivity contribution in [1.29, 1.82) is 0 Å². The van der Waals surface area contributed by atoms with E-state index in [0.717, 1.165) is 0 Å². The van der Waals surface area contributed by atoms with Gasteiger partial charge in [-0.15, -0.1) is 0 Å². The molecule has 6 nitrogen and oxygen atoms in total. The van der Waals surface area contributed by atoms with Crippen molar-refractivity contribution < 1.29 is 17.9 Å². The molecule has 2 aromatic rings. The predicted octanol–water partition coefficient (Wildman–Crippen LogP) is 4.72. The second-order valence-electron chi connectivity index (χ2n) is 8.31. The number of carbonyl (C=O) groups is 1. The van der Waals surface area contributed by atoms with Gasteiger partial charge in [-0.05, 0) is 58.6 Å². The lowest BCUT2D eigenvalue weighted by Gasteiger charge is -2.30. The lowest BCUT2D eigenvalue weighted by molar-refractivity contribution is -0.161. The maximum Gasteiger partial charge on any atom is 0.309 e. The zero-order chi connectivity index (χ0) is 21.4. The number of benzene rings is 1. The van der Waals surface area contributed by atoms with Crippen LogP contribution in [-0.2, 0) is 19.6 Å². The third kappa shape index (κ3) is 5.40. The van der Waals surface area contributed by atoms with Crippen LogP contribution in [0.5, 0.6) is 0 Å². The second-order valence-corrected chi connectivity index (χ2v) is 10.8. The smallest absolute Gasteiger partial charge is 0.309 e. The number of aromatic nitrogens is 1. The minimum absolute atomic E-state index is 0.102. The van der Waals surface area contributed by atoms with Gasteiger partial charge in [-0.25, -0.2) is 18.1 Å². The van der Waals surface area contributed by atoms with Crippen molar-refractivity contribution in [2.45, 2.75) is 63.0 Å².